The first-order valence-corrected chi connectivity index (χ1v) is 8.93. The van der Waals surface area contributed by atoms with Gasteiger partial charge < -0.3 is 4.90 Å². The first kappa shape index (κ1) is 17.6. The van der Waals surface area contributed by atoms with Crippen molar-refractivity contribution in [3.63, 3.8) is 0 Å². The topological polar surface area (TPSA) is 54.3 Å². The summed E-state index contributed by atoms with van der Waals surface area (Å²) in [5.41, 5.74) is 1.23. The minimum absolute atomic E-state index is 0.192. The van der Waals surface area contributed by atoms with E-state index in [-0.39, 0.29) is 11.9 Å². The zero-order chi connectivity index (χ0) is 17.8. The molecular weight excluding hydrogens is 314 g/mol. The van der Waals surface area contributed by atoms with Crippen LogP contribution in [0.25, 0.3) is 0 Å². The maximum absolute atomic E-state index is 12.7. The second-order valence-corrected chi connectivity index (χ2v) is 6.94. The van der Waals surface area contributed by atoms with Crippen molar-refractivity contribution in [3.05, 3.63) is 47.5 Å². The third-order valence-electron chi connectivity index (χ3n) is 4.70. The Hall–Kier alpha value is -2.21. The lowest BCUT2D eigenvalue weighted by molar-refractivity contribution is -0.133. The summed E-state index contributed by atoms with van der Waals surface area (Å²) in [5.74, 6) is 1.92. The van der Waals surface area contributed by atoms with E-state index in [2.05, 4.69) is 27.1 Å². The fourth-order valence-corrected chi connectivity index (χ4v) is 3.54. The number of benzene rings is 1. The molecule has 0 unspecified atom stereocenters. The van der Waals surface area contributed by atoms with Gasteiger partial charge in [0.2, 0.25) is 5.91 Å². The summed E-state index contributed by atoms with van der Waals surface area (Å²) in [6.45, 7) is 6.67. The molecule has 134 valence electrons. The van der Waals surface area contributed by atoms with Crippen LogP contribution < -0.4 is 0 Å². The van der Waals surface area contributed by atoms with Crippen molar-refractivity contribution >= 4 is 5.91 Å². The van der Waals surface area contributed by atoms with Crippen molar-refractivity contribution in [2.24, 2.45) is 0 Å². The molecule has 0 N–H and O–H groups in total. The van der Waals surface area contributed by atoms with Gasteiger partial charge in [-0.1, -0.05) is 30.3 Å². The number of piperidine rings is 1. The molecule has 1 aromatic carbocycles. The molecule has 3 rings (SSSR count). The molecule has 1 saturated heterocycles. The van der Waals surface area contributed by atoms with Crippen molar-refractivity contribution in [1.29, 1.82) is 0 Å². The number of rotatable bonds is 5. The number of aromatic nitrogens is 3. The summed E-state index contributed by atoms with van der Waals surface area (Å²) < 4.78 is 1.99. The number of hydrogen-bond donors (Lipinski definition) is 0. The summed E-state index contributed by atoms with van der Waals surface area (Å²) in [7, 11) is 2.00. The molecule has 0 saturated carbocycles. The maximum atomic E-state index is 12.7. The van der Waals surface area contributed by atoms with E-state index >= 15 is 0 Å². The van der Waals surface area contributed by atoms with Crippen molar-refractivity contribution in [2.45, 2.75) is 39.3 Å². The molecule has 1 aromatic heterocycles. The molecule has 0 radical (unpaired) electrons. The minimum Gasteiger partial charge on any atom is -0.339 e. The van der Waals surface area contributed by atoms with Crippen LogP contribution in [0.3, 0.4) is 0 Å². The number of likely N-dealkylation sites (tertiary alicyclic amines) is 1. The zero-order valence-corrected chi connectivity index (χ0v) is 15.4. The molecule has 1 aliphatic heterocycles. The Morgan fingerprint density at radius 3 is 2.72 bits per heavy atom. The highest BCUT2D eigenvalue weighted by molar-refractivity contribution is 5.78. The number of carbonyl (C=O) groups excluding carboxylic acids is 1. The van der Waals surface area contributed by atoms with Crippen LogP contribution in [-0.4, -0.2) is 57.2 Å². The highest BCUT2D eigenvalue weighted by Gasteiger charge is 2.26. The lowest BCUT2D eigenvalue weighted by atomic mass is 10.1. The fraction of sp³-hybridized carbons (Fsp3) is 0.526. The summed E-state index contributed by atoms with van der Waals surface area (Å²) in [4.78, 5) is 21.2. The van der Waals surface area contributed by atoms with Gasteiger partial charge in [0.15, 0.2) is 0 Å². The van der Waals surface area contributed by atoms with Gasteiger partial charge in [-0.15, -0.1) is 0 Å². The Morgan fingerprint density at radius 1 is 1.28 bits per heavy atom. The quantitative estimate of drug-likeness (QED) is 0.836. The molecular formula is C19H27N5O. The number of aryl methyl sites for hydroxylation is 2. The third-order valence-corrected chi connectivity index (χ3v) is 4.70. The van der Waals surface area contributed by atoms with Crippen LogP contribution in [-0.2, 0) is 11.3 Å². The summed E-state index contributed by atoms with van der Waals surface area (Å²) >= 11 is 0. The molecule has 2 heterocycles. The molecule has 1 atom stereocenters. The van der Waals surface area contributed by atoms with Gasteiger partial charge in [-0.05, 0) is 39.3 Å². The normalized spacial score (nSPS) is 17.9. The van der Waals surface area contributed by atoms with Gasteiger partial charge in [0.05, 0.1) is 12.6 Å². The number of nitrogens with zero attached hydrogens (tertiary/aromatic N) is 5. The summed E-state index contributed by atoms with van der Waals surface area (Å²) in [6.07, 6.45) is 2.06. The largest absolute Gasteiger partial charge is 0.339 e. The highest BCUT2D eigenvalue weighted by Crippen LogP contribution is 2.22. The van der Waals surface area contributed by atoms with Gasteiger partial charge in [0, 0.05) is 19.6 Å². The van der Waals surface area contributed by atoms with Gasteiger partial charge in [-0.2, -0.15) is 5.10 Å². The fourth-order valence-electron chi connectivity index (χ4n) is 3.54. The number of amides is 1. The summed E-state index contributed by atoms with van der Waals surface area (Å²) in [5, 5.41) is 4.50. The Labute approximate surface area is 149 Å². The third kappa shape index (κ3) is 4.45. The van der Waals surface area contributed by atoms with E-state index in [9.17, 15) is 4.79 Å². The lowest BCUT2D eigenvalue weighted by Gasteiger charge is -2.34. The Kier molecular flexibility index (Phi) is 5.48. The number of likely N-dealkylation sites (N-methyl/N-ethyl adjacent to an activating group) is 1. The van der Waals surface area contributed by atoms with Crippen molar-refractivity contribution < 1.29 is 4.79 Å². The van der Waals surface area contributed by atoms with Crippen LogP contribution in [0.5, 0.6) is 0 Å². The smallest absolute Gasteiger partial charge is 0.236 e. The average Bonchev–Trinajstić information content (AvgIpc) is 2.94. The van der Waals surface area contributed by atoms with Gasteiger partial charge in [-0.3, -0.25) is 9.69 Å². The van der Waals surface area contributed by atoms with E-state index in [1.165, 1.54) is 5.56 Å². The first-order chi connectivity index (χ1) is 12.0. The van der Waals surface area contributed by atoms with Crippen LogP contribution >= 0.6 is 0 Å². The van der Waals surface area contributed by atoms with Gasteiger partial charge >= 0.3 is 0 Å². The molecule has 2 aromatic rings. The molecule has 1 amide bonds. The predicted octanol–water partition coefficient (Wildman–Crippen LogP) is 2.19. The molecule has 0 bridgehead atoms. The van der Waals surface area contributed by atoms with E-state index in [4.69, 9.17) is 0 Å². The minimum atomic E-state index is 0.192. The van der Waals surface area contributed by atoms with Crippen molar-refractivity contribution in [2.75, 3.05) is 26.7 Å². The standard InChI is InChI=1S/C19H27N5O/c1-15-20-16(2)24(21-15)18-10-7-11-23(13-18)19(25)14-22(3)12-17-8-5-4-6-9-17/h4-6,8-9,18H,7,10-14H2,1-3H3/t18-/m1/s1. The van der Waals surface area contributed by atoms with Gasteiger partial charge in [0.1, 0.15) is 11.6 Å². The molecule has 0 spiro atoms. The van der Waals surface area contributed by atoms with Crippen LogP contribution in [0, 0.1) is 13.8 Å². The molecule has 1 aliphatic rings. The monoisotopic (exact) mass is 341 g/mol. The van der Waals surface area contributed by atoms with Crippen molar-refractivity contribution in [1.82, 2.24) is 24.6 Å². The SMILES string of the molecule is Cc1nc(C)n([C@@H]2CCCN(C(=O)CN(C)Cc3ccccc3)C2)n1. The second-order valence-electron chi connectivity index (χ2n) is 6.94. The second kappa shape index (κ2) is 7.78. The maximum Gasteiger partial charge on any atom is 0.236 e. The Morgan fingerprint density at radius 2 is 2.04 bits per heavy atom. The Balaban J connectivity index is 1.57. The molecule has 1 fully saturated rings. The van der Waals surface area contributed by atoms with Crippen LogP contribution in [0.1, 0.15) is 36.1 Å². The lowest BCUT2D eigenvalue weighted by Crippen LogP contribution is -2.45. The van der Waals surface area contributed by atoms with E-state index in [1.54, 1.807) is 0 Å². The highest BCUT2D eigenvalue weighted by atomic mass is 16.2. The van der Waals surface area contributed by atoms with Crippen LogP contribution in [0.2, 0.25) is 0 Å². The van der Waals surface area contributed by atoms with Gasteiger partial charge in [0.25, 0.3) is 0 Å². The predicted molar refractivity (Wildman–Crippen MR) is 97.1 cm³/mol. The molecule has 25 heavy (non-hydrogen) atoms. The number of hydrogen-bond acceptors (Lipinski definition) is 4. The first-order valence-electron chi connectivity index (χ1n) is 8.93. The van der Waals surface area contributed by atoms with Crippen LogP contribution in [0.15, 0.2) is 30.3 Å². The molecule has 6 heteroatoms. The van der Waals surface area contributed by atoms with Crippen LogP contribution in [0.4, 0.5) is 0 Å². The van der Waals surface area contributed by atoms with E-state index in [1.807, 2.05) is 48.7 Å². The van der Waals surface area contributed by atoms with Crippen molar-refractivity contribution in [3.8, 4) is 0 Å². The summed E-state index contributed by atoms with van der Waals surface area (Å²) in [6, 6.07) is 10.5. The molecule has 0 aliphatic carbocycles. The molecule has 6 nitrogen and oxygen atoms in total. The van der Waals surface area contributed by atoms with E-state index < -0.39 is 0 Å². The Bertz CT molecular complexity index is 712. The zero-order valence-electron chi connectivity index (χ0n) is 15.4. The van der Waals surface area contributed by atoms with E-state index in [0.717, 1.165) is 44.1 Å². The average molecular weight is 341 g/mol. The van der Waals surface area contributed by atoms with E-state index in [0.29, 0.717) is 6.54 Å². The van der Waals surface area contributed by atoms with Gasteiger partial charge in [-0.25, -0.2) is 9.67 Å². The number of carbonyl (C=O) groups is 1.